The average molecular weight is 452 g/mol. The van der Waals surface area contributed by atoms with Crippen LogP contribution in [0.15, 0.2) is 34.1 Å². The van der Waals surface area contributed by atoms with Crippen molar-refractivity contribution >= 4 is 38.4 Å². The normalized spacial score (nSPS) is 15.3. The number of piperidine rings is 1. The molecule has 0 saturated carbocycles. The number of alkyl halides is 3. The standard InChI is InChI=1S/C14H16BrN3S.C2HF3O2/c15-11-3-1-10(2-4-11)13-9-19-14(17-13)18-7-5-12(16)6-8-18;3-2(4,5)1(6)7/h1-4,9,12H,5-8,16H2;(H,6,7). The molecule has 10 heteroatoms. The number of benzene rings is 1. The van der Waals surface area contributed by atoms with E-state index in [1.165, 1.54) is 5.56 Å². The molecule has 0 spiro atoms. The highest BCUT2D eigenvalue weighted by atomic mass is 79.9. The summed E-state index contributed by atoms with van der Waals surface area (Å²) in [6, 6.07) is 8.65. The van der Waals surface area contributed by atoms with Crippen molar-refractivity contribution in [2.24, 2.45) is 5.73 Å². The largest absolute Gasteiger partial charge is 0.490 e. The first-order chi connectivity index (χ1) is 12.2. The van der Waals surface area contributed by atoms with Gasteiger partial charge in [0, 0.05) is 34.5 Å². The minimum Gasteiger partial charge on any atom is -0.475 e. The Morgan fingerprint density at radius 2 is 1.81 bits per heavy atom. The van der Waals surface area contributed by atoms with Gasteiger partial charge >= 0.3 is 12.1 Å². The quantitative estimate of drug-likeness (QED) is 0.717. The molecule has 2 heterocycles. The van der Waals surface area contributed by atoms with Crippen LogP contribution in [0, 0.1) is 0 Å². The van der Waals surface area contributed by atoms with E-state index in [4.69, 9.17) is 20.6 Å². The predicted molar refractivity (Wildman–Crippen MR) is 98.4 cm³/mol. The lowest BCUT2D eigenvalue weighted by molar-refractivity contribution is -0.192. The van der Waals surface area contributed by atoms with Crippen LogP contribution in [-0.2, 0) is 4.79 Å². The molecule has 3 rings (SSSR count). The molecule has 1 fully saturated rings. The van der Waals surface area contributed by atoms with Crippen LogP contribution in [0.4, 0.5) is 18.3 Å². The Morgan fingerprint density at radius 1 is 1.27 bits per heavy atom. The molecule has 0 atom stereocenters. The van der Waals surface area contributed by atoms with E-state index < -0.39 is 12.1 Å². The van der Waals surface area contributed by atoms with Gasteiger partial charge in [-0.25, -0.2) is 9.78 Å². The zero-order valence-electron chi connectivity index (χ0n) is 13.5. The second-order valence-electron chi connectivity index (χ2n) is 5.65. The summed E-state index contributed by atoms with van der Waals surface area (Å²) in [5.74, 6) is -2.76. The molecular weight excluding hydrogens is 435 g/mol. The predicted octanol–water partition coefficient (Wildman–Crippen LogP) is 4.13. The molecule has 2 aromatic rings. The Balaban J connectivity index is 0.000000298. The molecule has 0 amide bonds. The lowest BCUT2D eigenvalue weighted by atomic mass is 10.1. The Labute approximate surface area is 160 Å². The minimum atomic E-state index is -5.08. The summed E-state index contributed by atoms with van der Waals surface area (Å²) >= 11 is 5.17. The number of aliphatic carboxylic acids is 1. The number of nitrogens with two attached hydrogens (primary N) is 1. The first-order valence-corrected chi connectivity index (χ1v) is 9.36. The van der Waals surface area contributed by atoms with Crippen molar-refractivity contribution in [3.63, 3.8) is 0 Å². The van der Waals surface area contributed by atoms with Crippen LogP contribution >= 0.6 is 27.3 Å². The van der Waals surface area contributed by atoms with E-state index in [1.54, 1.807) is 11.3 Å². The highest BCUT2D eigenvalue weighted by Crippen LogP contribution is 2.29. The molecule has 5 nitrogen and oxygen atoms in total. The summed E-state index contributed by atoms with van der Waals surface area (Å²) in [4.78, 5) is 16.0. The Morgan fingerprint density at radius 3 is 2.31 bits per heavy atom. The van der Waals surface area contributed by atoms with Gasteiger partial charge in [-0.05, 0) is 25.0 Å². The van der Waals surface area contributed by atoms with Crippen molar-refractivity contribution < 1.29 is 23.1 Å². The van der Waals surface area contributed by atoms with E-state index in [2.05, 4.69) is 38.3 Å². The molecule has 1 saturated heterocycles. The number of thiazole rings is 1. The van der Waals surface area contributed by atoms with Crippen LogP contribution in [-0.4, -0.2) is 41.4 Å². The molecule has 1 aromatic carbocycles. The minimum absolute atomic E-state index is 0.363. The summed E-state index contributed by atoms with van der Waals surface area (Å²) in [6.45, 7) is 2.04. The third kappa shape index (κ3) is 5.96. The van der Waals surface area contributed by atoms with Crippen LogP contribution in [0.2, 0.25) is 0 Å². The number of nitrogens with zero attached hydrogens (tertiary/aromatic N) is 2. The van der Waals surface area contributed by atoms with Crippen LogP contribution in [0.5, 0.6) is 0 Å². The molecule has 0 bridgehead atoms. The van der Waals surface area contributed by atoms with Crippen LogP contribution in [0.25, 0.3) is 11.3 Å². The second kappa shape index (κ2) is 8.83. The van der Waals surface area contributed by atoms with E-state index >= 15 is 0 Å². The van der Waals surface area contributed by atoms with Gasteiger partial charge < -0.3 is 15.7 Å². The van der Waals surface area contributed by atoms with Gasteiger partial charge in [-0.3, -0.25) is 0 Å². The van der Waals surface area contributed by atoms with Gasteiger partial charge in [-0.2, -0.15) is 13.2 Å². The van der Waals surface area contributed by atoms with Crippen molar-refractivity contribution in [2.45, 2.75) is 25.1 Å². The maximum absolute atomic E-state index is 10.6. The number of halogens is 4. The van der Waals surface area contributed by atoms with Crippen LogP contribution < -0.4 is 10.6 Å². The number of hydrogen-bond acceptors (Lipinski definition) is 5. The lowest BCUT2D eigenvalue weighted by Gasteiger charge is -2.29. The summed E-state index contributed by atoms with van der Waals surface area (Å²) in [7, 11) is 0. The molecule has 0 unspecified atom stereocenters. The summed E-state index contributed by atoms with van der Waals surface area (Å²) in [6.07, 6.45) is -2.96. The molecule has 26 heavy (non-hydrogen) atoms. The maximum atomic E-state index is 10.6. The fourth-order valence-electron chi connectivity index (χ4n) is 2.25. The van der Waals surface area contributed by atoms with Gasteiger partial charge in [0.1, 0.15) is 0 Å². The zero-order valence-corrected chi connectivity index (χ0v) is 15.9. The Kier molecular flexibility index (Phi) is 7.01. The van der Waals surface area contributed by atoms with Gasteiger partial charge in [0.15, 0.2) is 5.13 Å². The molecule has 0 radical (unpaired) electrons. The summed E-state index contributed by atoms with van der Waals surface area (Å²) < 4.78 is 32.8. The van der Waals surface area contributed by atoms with Crippen molar-refractivity contribution in [1.82, 2.24) is 4.98 Å². The number of aromatic nitrogens is 1. The van der Waals surface area contributed by atoms with E-state index in [1.807, 2.05) is 12.1 Å². The zero-order chi connectivity index (χ0) is 19.3. The Bertz CT molecular complexity index is 729. The van der Waals surface area contributed by atoms with E-state index in [0.717, 1.165) is 41.2 Å². The first kappa shape index (κ1) is 20.7. The van der Waals surface area contributed by atoms with Crippen molar-refractivity contribution in [1.29, 1.82) is 0 Å². The number of hydrogen-bond donors (Lipinski definition) is 2. The molecule has 3 N–H and O–H groups in total. The highest BCUT2D eigenvalue weighted by molar-refractivity contribution is 9.10. The SMILES string of the molecule is NC1CCN(c2nc(-c3ccc(Br)cc3)cs2)CC1.O=C(O)C(F)(F)F. The monoisotopic (exact) mass is 451 g/mol. The fourth-order valence-corrected chi connectivity index (χ4v) is 3.41. The third-order valence-electron chi connectivity index (χ3n) is 3.68. The van der Waals surface area contributed by atoms with Gasteiger partial charge in [0.2, 0.25) is 0 Å². The fraction of sp³-hybridized carbons (Fsp3) is 0.375. The van der Waals surface area contributed by atoms with Crippen LogP contribution in [0.3, 0.4) is 0 Å². The van der Waals surface area contributed by atoms with Crippen molar-refractivity contribution in [2.75, 3.05) is 18.0 Å². The van der Waals surface area contributed by atoms with Gasteiger partial charge in [-0.15, -0.1) is 11.3 Å². The van der Waals surface area contributed by atoms with Crippen LogP contribution in [0.1, 0.15) is 12.8 Å². The highest BCUT2D eigenvalue weighted by Gasteiger charge is 2.38. The van der Waals surface area contributed by atoms with E-state index in [9.17, 15) is 13.2 Å². The molecule has 1 aromatic heterocycles. The molecule has 142 valence electrons. The smallest absolute Gasteiger partial charge is 0.475 e. The number of anilines is 1. The van der Waals surface area contributed by atoms with Crippen molar-refractivity contribution in [3.05, 3.63) is 34.1 Å². The lowest BCUT2D eigenvalue weighted by Crippen LogP contribution is -2.39. The van der Waals surface area contributed by atoms with Gasteiger partial charge in [0.05, 0.1) is 5.69 Å². The molecule has 0 aliphatic carbocycles. The second-order valence-corrected chi connectivity index (χ2v) is 7.40. The number of rotatable bonds is 2. The molecule has 1 aliphatic heterocycles. The average Bonchev–Trinajstić information content (AvgIpc) is 3.06. The third-order valence-corrected chi connectivity index (χ3v) is 5.11. The van der Waals surface area contributed by atoms with Gasteiger partial charge in [-0.1, -0.05) is 28.1 Å². The number of carboxylic acid groups (broad SMARTS) is 1. The van der Waals surface area contributed by atoms with E-state index in [0.29, 0.717) is 6.04 Å². The number of carbonyl (C=O) groups is 1. The topological polar surface area (TPSA) is 79.5 Å². The molecular formula is C16H17BrF3N3O2S. The van der Waals surface area contributed by atoms with Crippen molar-refractivity contribution in [3.8, 4) is 11.3 Å². The number of carboxylic acids is 1. The maximum Gasteiger partial charge on any atom is 0.490 e. The summed E-state index contributed by atoms with van der Waals surface area (Å²) in [5.41, 5.74) is 8.16. The Hall–Kier alpha value is -1.65. The molecule has 1 aliphatic rings. The van der Waals surface area contributed by atoms with E-state index in [-0.39, 0.29) is 0 Å². The first-order valence-electron chi connectivity index (χ1n) is 7.69. The summed E-state index contributed by atoms with van der Waals surface area (Å²) in [5, 5.41) is 10.4. The van der Waals surface area contributed by atoms with Gasteiger partial charge in [0.25, 0.3) is 0 Å².